The number of carbonyl (C=O) groups is 2. The summed E-state index contributed by atoms with van der Waals surface area (Å²) in [7, 11) is 0. The molecule has 3 heterocycles. The number of imide groups is 1. The Hall–Kier alpha value is -1.72. The van der Waals surface area contributed by atoms with Crippen LogP contribution in [0.4, 0.5) is 11.4 Å². The number of benzene rings is 1. The van der Waals surface area contributed by atoms with E-state index in [0.717, 1.165) is 3.57 Å². The fourth-order valence-corrected chi connectivity index (χ4v) is 4.63. The molecule has 3 aliphatic heterocycles. The lowest BCUT2D eigenvalue weighted by Gasteiger charge is -2.25. The minimum absolute atomic E-state index is 0.220. The molecular weight excluding hydrogens is 407 g/mol. The molecule has 3 aliphatic rings. The van der Waals surface area contributed by atoms with E-state index >= 15 is 0 Å². The topological polar surface area (TPSA) is 51.0 Å². The molecule has 0 N–H and O–H groups in total. The SMILES string of the molecule is [C-]#[N+]c1ccc(N2C(=O)[C@@H]3[C@H](C2=O)C2(C)C=CC3(C)O2)cc1I. The highest BCUT2D eigenvalue weighted by Crippen LogP contribution is 2.57. The van der Waals surface area contributed by atoms with Crippen LogP contribution in [0.2, 0.25) is 0 Å². The molecule has 2 unspecified atom stereocenters. The zero-order valence-electron chi connectivity index (χ0n) is 12.5. The van der Waals surface area contributed by atoms with Gasteiger partial charge in [-0.1, -0.05) is 40.8 Å². The van der Waals surface area contributed by atoms with Crippen LogP contribution in [0.15, 0.2) is 30.4 Å². The van der Waals surface area contributed by atoms with Crippen molar-refractivity contribution in [1.29, 1.82) is 0 Å². The van der Waals surface area contributed by atoms with Crippen molar-refractivity contribution < 1.29 is 14.3 Å². The molecular formula is C17H13IN2O3. The van der Waals surface area contributed by atoms with Crippen LogP contribution >= 0.6 is 22.6 Å². The van der Waals surface area contributed by atoms with Crippen LogP contribution < -0.4 is 4.90 Å². The lowest BCUT2D eigenvalue weighted by Crippen LogP contribution is -2.39. The fraction of sp³-hybridized carbons (Fsp3) is 0.353. The highest BCUT2D eigenvalue weighted by atomic mass is 127. The molecule has 1 aromatic carbocycles. The second-order valence-electron chi connectivity index (χ2n) is 6.52. The first-order valence-electron chi connectivity index (χ1n) is 7.26. The summed E-state index contributed by atoms with van der Waals surface area (Å²) in [6.07, 6.45) is 3.79. The van der Waals surface area contributed by atoms with Gasteiger partial charge in [0.05, 0.1) is 35.3 Å². The predicted molar refractivity (Wildman–Crippen MR) is 91.9 cm³/mol. The van der Waals surface area contributed by atoms with Gasteiger partial charge in [-0.25, -0.2) is 9.74 Å². The van der Waals surface area contributed by atoms with Crippen molar-refractivity contribution in [1.82, 2.24) is 0 Å². The highest BCUT2D eigenvalue weighted by Gasteiger charge is 2.70. The number of halogens is 1. The number of hydrogen-bond acceptors (Lipinski definition) is 3. The number of rotatable bonds is 1. The fourth-order valence-electron chi connectivity index (χ4n) is 4.01. The summed E-state index contributed by atoms with van der Waals surface area (Å²) < 4.78 is 6.70. The third-order valence-corrected chi connectivity index (χ3v) is 5.90. The molecule has 0 aromatic heterocycles. The van der Waals surface area contributed by atoms with E-state index in [1.807, 2.05) is 48.6 Å². The summed E-state index contributed by atoms with van der Waals surface area (Å²) in [5.41, 5.74) is -0.398. The summed E-state index contributed by atoms with van der Waals surface area (Å²) in [6, 6.07) is 5.02. The van der Waals surface area contributed by atoms with Gasteiger partial charge in [0.15, 0.2) is 5.69 Å². The Labute approximate surface area is 147 Å². The summed E-state index contributed by atoms with van der Waals surface area (Å²) in [5.74, 6) is -1.41. The van der Waals surface area contributed by atoms with Gasteiger partial charge in [0.2, 0.25) is 11.8 Å². The Bertz CT molecular complexity index is 807. The largest absolute Gasteiger partial charge is 0.359 e. The van der Waals surface area contributed by atoms with Crippen LogP contribution in [0.3, 0.4) is 0 Å². The van der Waals surface area contributed by atoms with E-state index in [-0.39, 0.29) is 11.8 Å². The summed E-state index contributed by atoms with van der Waals surface area (Å²) in [4.78, 5) is 30.5. The van der Waals surface area contributed by atoms with Crippen LogP contribution in [0.25, 0.3) is 4.85 Å². The van der Waals surface area contributed by atoms with Gasteiger partial charge >= 0.3 is 0 Å². The second kappa shape index (κ2) is 4.42. The Kier molecular flexibility index (Phi) is 2.86. The van der Waals surface area contributed by atoms with E-state index in [2.05, 4.69) is 4.85 Å². The maximum Gasteiger partial charge on any atom is 0.241 e. The standard InChI is InChI=1S/C17H13IN2O3/c1-16-6-7-17(2,23-16)13-12(16)14(21)20(15(13)22)9-4-5-11(19-3)10(18)8-9/h4-8,12-13H,1-2H3/t12-,13+,16?,17?. The predicted octanol–water partition coefficient (Wildman–Crippen LogP) is 3.06. The average Bonchev–Trinajstić information content (AvgIpc) is 3.04. The first-order chi connectivity index (χ1) is 10.8. The van der Waals surface area contributed by atoms with Crippen molar-refractivity contribution in [2.24, 2.45) is 11.8 Å². The van der Waals surface area contributed by atoms with Gasteiger partial charge < -0.3 is 4.74 Å². The van der Waals surface area contributed by atoms with Crippen molar-refractivity contribution in [3.8, 4) is 0 Å². The number of nitrogens with zero attached hydrogens (tertiary/aromatic N) is 2. The number of fused-ring (bicyclic) bond motifs is 5. The van der Waals surface area contributed by atoms with Crippen molar-refractivity contribution in [3.63, 3.8) is 0 Å². The lowest BCUT2D eigenvalue weighted by molar-refractivity contribution is -0.128. The first-order valence-corrected chi connectivity index (χ1v) is 8.34. The monoisotopic (exact) mass is 420 g/mol. The van der Waals surface area contributed by atoms with Crippen LogP contribution in [0.1, 0.15) is 13.8 Å². The van der Waals surface area contributed by atoms with Gasteiger partial charge in [0.1, 0.15) is 0 Å². The minimum Gasteiger partial charge on any atom is -0.359 e. The molecule has 2 fully saturated rings. The highest BCUT2D eigenvalue weighted by molar-refractivity contribution is 14.1. The van der Waals surface area contributed by atoms with Crippen molar-refractivity contribution in [3.05, 3.63) is 45.3 Å². The molecule has 2 amide bonds. The van der Waals surface area contributed by atoms with E-state index in [4.69, 9.17) is 11.3 Å². The molecule has 6 heteroatoms. The Balaban J connectivity index is 1.80. The molecule has 1 aromatic rings. The van der Waals surface area contributed by atoms with Crippen LogP contribution in [-0.4, -0.2) is 23.0 Å². The van der Waals surface area contributed by atoms with E-state index in [0.29, 0.717) is 11.4 Å². The average molecular weight is 420 g/mol. The van der Waals surface area contributed by atoms with Crippen molar-refractivity contribution in [2.75, 3.05) is 4.90 Å². The third-order valence-electron chi connectivity index (χ3n) is 5.04. The first kappa shape index (κ1) is 14.8. The summed E-state index contributed by atoms with van der Waals surface area (Å²) in [6.45, 7) is 10.8. The number of anilines is 1. The molecule has 0 radical (unpaired) electrons. The molecule has 4 atom stereocenters. The maximum atomic E-state index is 12.9. The van der Waals surface area contributed by atoms with E-state index in [9.17, 15) is 9.59 Å². The van der Waals surface area contributed by atoms with E-state index in [1.165, 1.54) is 4.90 Å². The van der Waals surface area contributed by atoms with Crippen LogP contribution in [0.5, 0.6) is 0 Å². The smallest absolute Gasteiger partial charge is 0.241 e. The van der Waals surface area contributed by atoms with Gasteiger partial charge in [-0.2, -0.15) is 0 Å². The van der Waals surface area contributed by atoms with Crippen LogP contribution in [-0.2, 0) is 14.3 Å². The zero-order chi connectivity index (χ0) is 16.6. The number of ether oxygens (including phenoxy) is 1. The minimum atomic E-state index is -0.718. The van der Waals surface area contributed by atoms with Crippen LogP contribution in [0, 0.1) is 22.0 Å². The molecule has 2 saturated heterocycles. The summed E-state index contributed by atoms with van der Waals surface area (Å²) >= 11 is 2.05. The van der Waals surface area contributed by atoms with Gasteiger partial charge in [-0.3, -0.25) is 9.59 Å². The van der Waals surface area contributed by atoms with Gasteiger partial charge in [-0.05, 0) is 26.0 Å². The maximum absolute atomic E-state index is 12.9. The van der Waals surface area contributed by atoms with Crippen molar-refractivity contribution >= 4 is 45.8 Å². The third kappa shape index (κ3) is 1.75. The van der Waals surface area contributed by atoms with Crippen molar-refractivity contribution in [2.45, 2.75) is 25.0 Å². The molecule has 5 nitrogen and oxygen atoms in total. The second-order valence-corrected chi connectivity index (χ2v) is 7.68. The van der Waals surface area contributed by atoms with E-state index in [1.54, 1.807) is 18.2 Å². The van der Waals surface area contributed by atoms with Gasteiger partial charge in [0, 0.05) is 3.57 Å². The lowest BCUT2D eigenvalue weighted by atomic mass is 9.73. The molecule has 0 spiro atoms. The number of carbonyl (C=O) groups excluding carboxylic acids is 2. The molecule has 4 rings (SSSR count). The number of amides is 2. The zero-order valence-corrected chi connectivity index (χ0v) is 14.7. The normalized spacial score (nSPS) is 37.4. The van der Waals surface area contributed by atoms with E-state index < -0.39 is 23.0 Å². The van der Waals surface area contributed by atoms with Gasteiger partial charge in [0.25, 0.3) is 0 Å². The number of hydrogen-bond donors (Lipinski definition) is 0. The van der Waals surface area contributed by atoms with Gasteiger partial charge in [-0.15, -0.1) is 0 Å². The Morgan fingerprint density at radius 1 is 1.17 bits per heavy atom. The molecule has 0 aliphatic carbocycles. The quantitative estimate of drug-likeness (QED) is 0.304. The molecule has 0 saturated carbocycles. The summed E-state index contributed by atoms with van der Waals surface area (Å²) in [5, 5.41) is 0. The molecule has 23 heavy (non-hydrogen) atoms. The Morgan fingerprint density at radius 3 is 2.22 bits per heavy atom. The molecule has 116 valence electrons. The molecule has 2 bridgehead atoms. The Morgan fingerprint density at radius 2 is 1.74 bits per heavy atom.